The minimum atomic E-state index is 0.107. The van der Waals surface area contributed by atoms with Gasteiger partial charge in [-0.3, -0.25) is 0 Å². The zero-order valence-corrected chi connectivity index (χ0v) is 16.4. The number of hydrogen-bond acceptors (Lipinski definition) is 4. The Balaban J connectivity index is 1.65. The van der Waals surface area contributed by atoms with Gasteiger partial charge in [-0.05, 0) is 56.7 Å². The molecule has 0 amide bonds. The molecule has 0 saturated carbocycles. The van der Waals surface area contributed by atoms with Gasteiger partial charge in [-0.25, -0.2) is 9.29 Å². The zero-order valence-electron chi connectivity index (χ0n) is 15.6. The molecule has 2 aliphatic rings. The summed E-state index contributed by atoms with van der Waals surface area (Å²) in [6.45, 7) is 8.99. The van der Waals surface area contributed by atoms with Crippen LogP contribution in [0.5, 0.6) is 0 Å². The van der Waals surface area contributed by atoms with E-state index in [1.54, 1.807) is 11.9 Å². The topological polar surface area (TPSA) is 33.1 Å². The summed E-state index contributed by atoms with van der Waals surface area (Å²) in [5.41, 5.74) is 3.32. The van der Waals surface area contributed by atoms with Crippen LogP contribution in [0.3, 0.4) is 0 Å². The first-order valence-corrected chi connectivity index (χ1v) is 9.90. The summed E-state index contributed by atoms with van der Waals surface area (Å²) in [5.74, 6) is 0.535. The van der Waals surface area contributed by atoms with Crippen LogP contribution in [-0.2, 0) is 13.5 Å². The lowest BCUT2D eigenvalue weighted by Crippen LogP contribution is -2.59. The van der Waals surface area contributed by atoms with Gasteiger partial charge in [0.15, 0.2) is 0 Å². The largest absolute Gasteiger partial charge is 0.339 e. The Morgan fingerprint density at radius 2 is 2.08 bits per heavy atom. The molecule has 2 heterocycles. The van der Waals surface area contributed by atoms with Gasteiger partial charge in [0.05, 0.1) is 6.33 Å². The Morgan fingerprint density at radius 1 is 1.28 bits per heavy atom. The quantitative estimate of drug-likeness (QED) is 0.852. The Kier molecular flexibility index (Phi) is 4.21. The maximum absolute atomic E-state index is 4.50. The van der Waals surface area contributed by atoms with Crippen LogP contribution in [0.2, 0.25) is 0 Å². The van der Waals surface area contributed by atoms with E-state index >= 15 is 0 Å². The minimum absolute atomic E-state index is 0.107. The molecule has 2 atom stereocenters. The van der Waals surface area contributed by atoms with Crippen molar-refractivity contribution < 1.29 is 0 Å². The summed E-state index contributed by atoms with van der Waals surface area (Å²) >= 11 is 1.80. The molecule has 1 N–H and O–H groups in total. The predicted octanol–water partition coefficient (Wildman–Crippen LogP) is 3.60. The molecule has 1 aliphatic carbocycles. The first-order chi connectivity index (χ1) is 11.8. The fraction of sp³-hybridized carbons (Fsp3) is 0.550. The normalized spacial score (nSPS) is 26.5. The average Bonchev–Trinajstić information content (AvgIpc) is 3.09. The number of benzene rings is 1. The van der Waals surface area contributed by atoms with Gasteiger partial charge >= 0.3 is 0 Å². The van der Waals surface area contributed by atoms with Gasteiger partial charge in [0.2, 0.25) is 0 Å². The third-order valence-electron chi connectivity index (χ3n) is 5.31. The second-order valence-corrected chi connectivity index (χ2v) is 9.69. The lowest BCUT2D eigenvalue weighted by Gasteiger charge is -2.45. The molecular weight excluding hydrogens is 328 g/mol. The highest BCUT2D eigenvalue weighted by Gasteiger charge is 2.51. The van der Waals surface area contributed by atoms with Crippen molar-refractivity contribution in [2.75, 3.05) is 13.1 Å². The molecule has 25 heavy (non-hydrogen) atoms. The van der Waals surface area contributed by atoms with E-state index in [2.05, 4.69) is 65.8 Å². The maximum Gasteiger partial charge on any atom is 0.129 e. The van der Waals surface area contributed by atoms with Crippen LogP contribution in [0.4, 0.5) is 0 Å². The number of nitrogens with one attached hydrogen (secondary N) is 1. The van der Waals surface area contributed by atoms with E-state index in [0.29, 0.717) is 5.92 Å². The van der Waals surface area contributed by atoms with E-state index < -0.39 is 0 Å². The number of nitrogens with zero attached hydrogens (tertiary/aromatic N) is 3. The van der Waals surface area contributed by atoms with Gasteiger partial charge in [0.1, 0.15) is 5.03 Å². The number of aryl methyl sites for hydroxylation is 2. The SMILES string of the molecule is Cn1cnc(SN2CC3c4ccccc4CCC3(NC(C)(C)C)C2)c1. The summed E-state index contributed by atoms with van der Waals surface area (Å²) in [6, 6.07) is 9.02. The Bertz CT molecular complexity index is 763. The molecule has 4 rings (SSSR count). The molecule has 1 aromatic heterocycles. The Hall–Kier alpha value is -1.30. The lowest BCUT2D eigenvalue weighted by molar-refractivity contribution is 0.212. The molecule has 1 fully saturated rings. The van der Waals surface area contributed by atoms with E-state index in [4.69, 9.17) is 0 Å². The summed E-state index contributed by atoms with van der Waals surface area (Å²) in [6.07, 6.45) is 6.34. The van der Waals surface area contributed by atoms with Crippen LogP contribution in [0, 0.1) is 0 Å². The van der Waals surface area contributed by atoms with Crippen molar-refractivity contribution in [3.05, 3.63) is 47.9 Å². The molecular formula is C20H28N4S. The molecule has 5 heteroatoms. The highest BCUT2D eigenvalue weighted by Crippen LogP contribution is 2.47. The Labute approximate surface area is 155 Å². The molecule has 2 aromatic rings. The predicted molar refractivity (Wildman–Crippen MR) is 104 cm³/mol. The van der Waals surface area contributed by atoms with Gasteiger partial charge in [-0.2, -0.15) is 0 Å². The molecule has 1 aliphatic heterocycles. The summed E-state index contributed by atoms with van der Waals surface area (Å²) in [7, 11) is 2.03. The van der Waals surface area contributed by atoms with Crippen molar-refractivity contribution >= 4 is 11.9 Å². The number of fused-ring (bicyclic) bond motifs is 3. The molecule has 1 aromatic carbocycles. The van der Waals surface area contributed by atoms with Crippen molar-refractivity contribution in [3.8, 4) is 0 Å². The monoisotopic (exact) mass is 356 g/mol. The van der Waals surface area contributed by atoms with Gasteiger partial charge in [0.25, 0.3) is 0 Å². The first kappa shape index (κ1) is 17.1. The smallest absolute Gasteiger partial charge is 0.129 e. The van der Waals surface area contributed by atoms with Crippen LogP contribution >= 0.6 is 11.9 Å². The van der Waals surface area contributed by atoms with Crippen molar-refractivity contribution in [2.24, 2.45) is 7.05 Å². The number of aromatic nitrogens is 2. The van der Waals surface area contributed by atoms with Gasteiger partial charge in [0, 0.05) is 43.3 Å². The molecule has 4 nitrogen and oxygen atoms in total. The van der Waals surface area contributed by atoms with Gasteiger partial charge in [-0.1, -0.05) is 24.3 Å². The standard InChI is InChI=1S/C20H28N4S/c1-19(2,3)22-20-10-9-15-7-5-6-8-16(15)17(20)11-24(13-20)25-18-12-23(4)14-21-18/h5-8,12,14,17,22H,9-11,13H2,1-4H3. The molecule has 1 saturated heterocycles. The third-order valence-corrected chi connectivity index (χ3v) is 6.24. The van der Waals surface area contributed by atoms with Crippen LogP contribution < -0.4 is 5.32 Å². The Morgan fingerprint density at radius 3 is 2.80 bits per heavy atom. The van der Waals surface area contributed by atoms with Crippen molar-refractivity contribution in [1.82, 2.24) is 19.2 Å². The van der Waals surface area contributed by atoms with Crippen LogP contribution in [-0.4, -0.2) is 38.0 Å². The van der Waals surface area contributed by atoms with Crippen LogP contribution in [0.25, 0.3) is 0 Å². The first-order valence-electron chi connectivity index (χ1n) is 9.13. The summed E-state index contributed by atoms with van der Waals surface area (Å²) in [5, 5.41) is 5.10. The van der Waals surface area contributed by atoms with E-state index in [0.717, 1.165) is 24.5 Å². The lowest BCUT2D eigenvalue weighted by atomic mass is 9.70. The highest BCUT2D eigenvalue weighted by molar-refractivity contribution is 7.97. The molecule has 2 unspecified atom stereocenters. The summed E-state index contributed by atoms with van der Waals surface area (Å²) < 4.78 is 4.53. The molecule has 0 bridgehead atoms. The molecule has 0 radical (unpaired) electrons. The zero-order chi connectivity index (χ0) is 17.7. The second kappa shape index (κ2) is 6.15. The third kappa shape index (κ3) is 3.37. The average molecular weight is 357 g/mol. The van der Waals surface area contributed by atoms with Crippen molar-refractivity contribution in [1.29, 1.82) is 0 Å². The fourth-order valence-corrected chi connectivity index (χ4v) is 5.64. The number of imidazole rings is 1. The molecule has 0 spiro atoms. The van der Waals surface area contributed by atoms with E-state index in [-0.39, 0.29) is 11.1 Å². The van der Waals surface area contributed by atoms with Crippen LogP contribution in [0.15, 0.2) is 41.8 Å². The second-order valence-electron chi connectivity index (χ2n) is 8.57. The summed E-state index contributed by atoms with van der Waals surface area (Å²) in [4.78, 5) is 4.50. The van der Waals surface area contributed by atoms with Crippen molar-refractivity contribution in [2.45, 2.75) is 55.6 Å². The minimum Gasteiger partial charge on any atom is -0.339 e. The van der Waals surface area contributed by atoms with E-state index in [1.165, 1.54) is 17.5 Å². The van der Waals surface area contributed by atoms with E-state index in [1.807, 2.05) is 17.9 Å². The van der Waals surface area contributed by atoms with Gasteiger partial charge < -0.3 is 9.88 Å². The highest BCUT2D eigenvalue weighted by atomic mass is 32.2. The number of hydrogen-bond donors (Lipinski definition) is 1. The van der Waals surface area contributed by atoms with Gasteiger partial charge in [-0.15, -0.1) is 0 Å². The number of rotatable bonds is 3. The maximum atomic E-state index is 4.50. The van der Waals surface area contributed by atoms with E-state index in [9.17, 15) is 0 Å². The van der Waals surface area contributed by atoms with Crippen LogP contribution in [0.1, 0.15) is 44.2 Å². The van der Waals surface area contributed by atoms with Crippen molar-refractivity contribution in [3.63, 3.8) is 0 Å². The fourth-order valence-electron chi connectivity index (χ4n) is 4.55. The molecule has 134 valence electrons.